The number of nitrogens with two attached hydrogens (primary N) is 1. The molecule has 0 radical (unpaired) electrons. The van der Waals surface area contributed by atoms with E-state index in [0.29, 0.717) is 24.9 Å². The Balaban J connectivity index is 1.49. The monoisotopic (exact) mass is 686 g/mol. The van der Waals surface area contributed by atoms with Gasteiger partial charge in [-0.15, -0.1) is 0 Å². The first-order chi connectivity index (χ1) is 23.5. The number of anilines is 1. The van der Waals surface area contributed by atoms with E-state index in [0.717, 1.165) is 11.1 Å². The number of carbonyl (C=O) groups excluding carboxylic acids is 2. The molecule has 0 spiro atoms. The summed E-state index contributed by atoms with van der Waals surface area (Å²) in [5.74, 6) is -1.72. The first kappa shape index (κ1) is 37.1. The average molecular weight is 687 g/mol. The van der Waals surface area contributed by atoms with Crippen LogP contribution in [0.15, 0.2) is 114 Å². The zero-order valence-electron chi connectivity index (χ0n) is 27.9. The minimum Gasteiger partial charge on any atom is -0.507 e. The highest BCUT2D eigenvalue weighted by Gasteiger charge is 2.34. The van der Waals surface area contributed by atoms with Crippen molar-refractivity contribution in [3.05, 3.63) is 126 Å². The van der Waals surface area contributed by atoms with Gasteiger partial charge in [-0.05, 0) is 66.3 Å². The summed E-state index contributed by atoms with van der Waals surface area (Å²) >= 11 is 0. The van der Waals surface area contributed by atoms with Crippen molar-refractivity contribution in [3.8, 4) is 5.75 Å². The van der Waals surface area contributed by atoms with E-state index >= 15 is 0 Å². The molecule has 0 saturated heterocycles. The summed E-state index contributed by atoms with van der Waals surface area (Å²) in [6.07, 6.45) is 1.39. The molecule has 0 aliphatic carbocycles. The van der Waals surface area contributed by atoms with Crippen molar-refractivity contribution in [2.24, 2.45) is 5.92 Å². The number of phenolic OH excluding ortho intramolecular Hbond substituents is 1. The number of unbranched alkanes of at least 4 members (excludes halogenated alkanes) is 1. The Kier molecular flexibility index (Phi) is 13.3. The third-order valence-corrected chi connectivity index (χ3v) is 10.2. The number of sulfonamides is 1. The van der Waals surface area contributed by atoms with Gasteiger partial charge in [0.05, 0.1) is 17.1 Å². The fourth-order valence-electron chi connectivity index (χ4n) is 5.81. The summed E-state index contributed by atoms with van der Waals surface area (Å²) in [5, 5.41) is 26.5. The number of phenols is 1. The predicted molar refractivity (Wildman–Crippen MR) is 191 cm³/mol. The fourth-order valence-corrected chi connectivity index (χ4v) is 7.62. The molecule has 4 rings (SSSR count). The van der Waals surface area contributed by atoms with Crippen LogP contribution < -0.4 is 16.4 Å². The van der Waals surface area contributed by atoms with Gasteiger partial charge in [0.2, 0.25) is 15.9 Å². The summed E-state index contributed by atoms with van der Waals surface area (Å²) in [5.41, 5.74) is 7.92. The molecule has 0 heterocycles. The van der Waals surface area contributed by atoms with Gasteiger partial charge >= 0.3 is 0 Å². The highest BCUT2D eigenvalue weighted by Crippen LogP contribution is 2.29. The molecule has 49 heavy (non-hydrogen) atoms. The molecule has 0 saturated carbocycles. The molecule has 0 aromatic heterocycles. The van der Waals surface area contributed by atoms with E-state index in [1.807, 2.05) is 74.5 Å². The van der Waals surface area contributed by atoms with Gasteiger partial charge in [0.1, 0.15) is 11.8 Å². The zero-order chi connectivity index (χ0) is 35.4. The molecule has 0 fully saturated rings. The number of amides is 2. The van der Waals surface area contributed by atoms with Crippen LogP contribution in [0.25, 0.3) is 0 Å². The molecule has 4 aromatic carbocycles. The van der Waals surface area contributed by atoms with Crippen molar-refractivity contribution in [1.82, 2.24) is 14.9 Å². The molecule has 0 aliphatic heterocycles. The van der Waals surface area contributed by atoms with E-state index in [-0.39, 0.29) is 41.8 Å². The van der Waals surface area contributed by atoms with Gasteiger partial charge < -0.3 is 26.6 Å². The highest BCUT2D eigenvalue weighted by atomic mass is 32.2. The SMILES string of the molecule is CC(C)CN([C@H](CO)CCCCNC(=O)[C@@H](NC(=O)c1ccccc1O)C(c1ccccc1)c1ccccc1)S(=O)(=O)c1ccc(N)cc1. The summed E-state index contributed by atoms with van der Waals surface area (Å²) in [6.45, 7) is 3.96. The lowest BCUT2D eigenvalue weighted by Gasteiger charge is -2.31. The van der Waals surface area contributed by atoms with Crippen LogP contribution in [0.1, 0.15) is 60.5 Å². The number of benzene rings is 4. The second-order valence-corrected chi connectivity index (χ2v) is 14.3. The molecule has 4 aromatic rings. The Morgan fingerprint density at radius 3 is 1.94 bits per heavy atom. The quantitative estimate of drug-likeness (QED) is 0.0780. The molecule has 0 aliphatic rings. The fraction of sp³-hybridized carbons (Fsp3) is 0.316. The van der Waals surface area contributed by atoms with Crippen molar-refractivity contribution < 1.29 is 28.2 Å². The van der Waals surface area contributed by atoms with Crippen LogP contribution in [0.2, 0.25) is 0 Å². The summed E-state index contributed by atoms with van der Waals surface area (Å²) in [7, 11) is -3.90. The molecule has 10 nitrogen and oxygen atoms in total. The number of nitrogen functional groups attached to an aromatic ring is 1. The van der Waals surface area contributed by atoms with Crippen molar-refractivity contribution in [3.63, 3.8) is 0 Å². The van der Waals surface area contributed by atoms with E-state index in [2.05, 4.69) is 10.6 Å². The van der Waals surface area contributed by atoms with E-state index in [1.54, 1.807) is 12.1 Å². The van der Waals surface area contributed by atoms with E-state index in [9.17, 15) is 28.2 Å². The lowest BCUT2D eigenvalue weighted by Crippen LogP contribution is -2.50. The lowest BCUT2D eigenvalue weighted by molar-refractivity contribution is -0.123. The van der Waals surface area contributed by atoms with Gasteiger partial charge in [0.15, 0.2) is 0 Å². The molecular weight excluding hydrogens is 641 g/mol. The van der Waals surface area contributed by atoms with Gasteiger partial charge in [-0.3, -0.25) is 9.59 Å². The van der Waals surface area contributed by atoms with Gasteiger partial charge in [0.25, 0.3) is 5.91 Å². The average Bonchev–Trinajstić information content (AvgIpc) is 3.10. The van der Waals surface area contributed by atoms with Crippen LogP contribution in [0.5, 0.6) is 5.75 Å². The number of hydrogen-bond donors (Lipinski definition) is 5. The number of aliphatic hydroxyl groups excluding tert-OH is 1. The van der Waals surface area contributed by atoms with E-state index in [1.165, 1.54) is 40.7 Å². The number of carbonyl (C=O) groups is 2. The number of para-hydroxylation sites is 1. The summed E-state index contributed by atoms with van der Waals surface area (Å²) in [6, 6.07) is 29.3. The second-order valence-electron chi connectivity index (χ2n) is 12.4. The number of nitrogens with one attached hydrogen (secondary N) is 2. The van der Waals surface area contributed by atoms with Gasteiger partial charge in [-0.25, -0.2) is 8.42 Å². The molecule has 0 bridgehead atoms. The Morgan fingerprint density at radius 2 is 1.39 bits per heavy atom. The smallest absolute Gasteiger partial charge is 0.255 e. The summed E-state index contributed by atoms with van der Waals surface area (Å²) < 4.78 is 28.6. The molecule has 6 N–H and O–H groups in total. The zero-order valence-corrected chi connectivity index (χ0v) is 28.7. The minimum absolute atomic E-state index is 0.0176. The molecule has 2 atom stereocenters. The van der Waals surface area contributed by atoms with Gasteiger partial charge in [-0.1, -0.05) is 93.1 Å². The Labute approximate surface area is 289 Å². The van der Waals surface area contributed by atoms with Crippen LogP contribution >= 0.6 is 0 Å². The first-order valence-electron chi connectivity index (χ1n) is 16.5. The Bertz CT molecular complexity index is 1710. The van der Waals surface area contributed by atoms with E-state index in [4.69, 9.17) is 5.73 Å². The third-order valence-electron chi connectivity index (χ3n) is 8.28. The second kappa shape index (κ2) is 17.6. The third kappa shape index (κ3) is 9.91. The molecule has 260 valence electrons. The maximum absolute atomic E-state index is 14.0. The number of hydrogen-bond acceptors (Lipinski definition) is 7. The lowest BCUT2D eigenvalue weighted by atomic mass is 9.84. The van der Waals surface area contributed by atoms with Crippen molar-refractivity contribution in [1.29, 1.82) is 0 Å². The maximum atomic E-state index is 14.0. The largest absolute Gasteiger partial charge is 0.507 e. The summed E-state index contributed by atoms with van der Waals surface area (Å²) in [4.78, 5) is 27.5. The Hall–Kier alpha value is -4.71. The normalized spacial score (nSPS) is 12.9. The number of nitrogens with zero attached hydrogens (tertiary/aromatic N) is 1. The molecular formula is C38H46N4O6S. The molecule has 2 amide bonds. The number of rotatable bonds is 17. The molecule has 0 unspecified atom stereocenters. The number of aliphatic hydroxyl groups is 1. The van der Waals surface area contributed by atoms with Crippen molar-refractivity contribution in [2.75, 3.05) is 25.4 Å². The van der Waals surface area contributed by atoms with Crippen LogP contribution in [0, 0.1) is 5.92 Å². The Morgan fingerprint density at radius 1 is 0.816 bits per heavy atom. The van der Waals surface area contributed by atoms with Gasteiger partial charge in [-0.2, -0.15) is 4.31 Å². The van der Waals surface area contributed by atoms with Crippen LogP contribution in [0.3, 0.4) is 0 Å². The van der Waals surface area contributed by atoms with Gasteiger partial charge in [0, 0.05) is 30.7 Å². The number of aromatic hydroxyl groups is 1. The first-order valence-corrected chi connectivity index (χ1v) is 17.9. The van der Waals surface area contributed by atoms with Crippen LogP contribution in [0.4, 0.5) is 5.69 Å². The topological polar surface area (TPSA) is 162 Å². The minimum atomic E-state index is -3.90. The predicted octanol–water partition coefficient (Wildman–Crippen LogP) is 4.90. The standard InChI is InChI=1S/C38H46N4O6S/c1-27(2)25-42(49(47,48)32-22-20-30(39)21-23-32)31(26-43)17-11-12-24-40-38(46)36(41-37(45)33-18-9-10-19-34(33)44)35(28-13-5-3-6-14-28)29-15-7-4-8-16-29/h3-10,13-16,18-23,27,31,35-36,43-44H,11-12,17,24-26,39H2,1-2H3,(H,40,46)(H,41,45)/t31-,36-/m0/s1. The maximum Gasteiger partial charge on any atom is 0.255 e. The highest BCUT2D eigenvalue weighted by molar-refractivity contribution is 7.89. The van der Waals surface area contributed by atoms with Crippen molar-refractivity contribution in [2.45, 2.75) is 56.0 Å². The molecule has 11 heteroatoms. The van der Waals surface area contributed by atoms with Crippen molar-refractivity contribution >= 4 is 27.5 Å². The van der Waals surface area contributed by atoms with Crippen LogP contribution in [-0.4, -0.2) is 66.5 Å². The van der Waals surface area contributed by atoms with E-state index < -0.39 is 39.8 Å². The van der Waals surface area contributed by atoms with Crippen LogP contribution in [-0.2, 0) is 14.8 Å².